The zero-order valence-electron chi connectivity index (χ0n) is 6.77. The predicted octanol–water partition coefficient (Wildman–Crippen LogP) is 1.57. The summed E-state index contributed by atoms with van der Waals surface area (Å²) in [6.07, 6.45) is 0. The minimum absolute atomic E-state index is 0. The molecule has 74 valence electrons. The molecule has 3 nitrogen and oxygen atoms in total. The fraction of sp³-hybridized carbons (Fsp3) is 0.250. The summed E-state index contributed by atoms with van der Waals surface area (Å²) in [6.45, 7) is -0.177. The Morgan fingerprint density at radius 2 is 2.08 bits per heavy atom. The molecule has 0 aliphatic rings. The molecule has 4 N–H and O–H groups in total. The molecule has 13 heavy (non-hydrogen) atoms. The van der Waals surface area contributed by atoms with Gasteiger partial charge in [0.1, 0.15) is 5.75 Å². The number of halogens is 2. The third-order valence-corrected chi connectivity index (χ3v) is 2.25. The summed E-state index contributed by atoms with van der Waals surface area (Å²) >= 11 is 3.16. The van der Waals surface area contributed by atoms with Gasteiger partial charge in [-0.15, -0.1) is 12.4 Å². The Labute approximate surface area is 91.1 Å². The fourth-order valence-electron chi connectivity index (χ4n) is 0.930. The van der Waals surface area contributed by atoms with Crippen molar-refractivity contribution in [3.05, 3.63) is 28.2 Å². The van der Waals surface area contributed by atoms with Crippen LogP contribution in [0.15, 0.2) is 22.7 Å². The number of nitrogens with two attached hydrogens (primary N) is 1. The molecule has 0 fully saturated rings. The Kier molecular flexibility index (Phi) is 5.32. The van der Waals surface area contributed by atoms with Crippen LogP contribution in [-0.2, 0) is 0 Å². The summed E-state index contributed by atoms with van der Waals surface area (Å²) in [7, 11) is 0. The van der Waals surface area contributed by atoms with Crippen LogP contribution in [0.2, 0.25) is 0 Å². The number of hydrogen-bond donors (Lipinski definition) is 3. The second-order valence-corrected chi connectivity index (χ2v) is 3.32. The molecule has 0 unspecified atom stereocenters. The smallest absolute Gasteiger partial charge is 0.134 e. The summed E-state index contributed by atoms with van der Waals surface area (Å²) in [4.78, 5) is 0. The number of aromatic hydroxyl groups is 1. The molecule has 0 aromatic heterocycles. The maximum absolute atomic E-state index is 9.46. The molecule has 0 radical (unpaired) electrons. The Bertz CT molecular complexity index is 283. The van der Waals surface area contributed by atoms with Crippen molar-refractivity contribution in [2.24, 2.45) is 5.73 Å². The van der Waals surface area contributed by atoms with E-state index in [0.717, 1.165) is 0 Å². The SMILES string of the molecule is Cl.N[C@H](CO)c1cccc(Br)c1O. The van der Waals surface area contributed by atoms with E-state index in [1.54, 1.807) is 18.2 Å². The van der Waals surface area contributed by atoms with Crippen molar-refractivity contribution in [3.63, 3.8) is 0 Å². The molecule has 0 amide bonds. The third kappa shape index (κ3) is 2.84. The minimum atomic E-state index is -0.525. The molecule has 1 aromatic carbocycles. The van der Waals surface area contributed by atoms with Crippen LogP contribution in [0.4, 0.5) is 0 Å². The van der Waals surface area contributed by atoms with Crippen LogP contribution in [0.1, 0.15) is 11.6 Å². The van der Waals surface area contributed by atoms with Gasteiger partial charge < -0.3 is 15.9 Å². The summed E-state index contributed by atoms with van der Waals surface area (Å²) in [6, 6.07) is 4.63. The first-order valence-corrected chi connectivity index (χ1v) is 4.30. The first-order chi connectivity index (χ1) is 5.66. The molecule has 1 aromatic rings. The van der Waals surface area contributed by atoms with Gasteiger partial charge in [-0.3, -0.25) is 0 Å². The second-order valence-electron chi connectivity index (χ2n) is 2.47. The lowest BCUT2D eigenvalue weighted by atomic mass is 10.1. The van der Waals surface area contributed by atoms with Gasteiger partial charge in [0.2, 0.25) is 0 Å². The fourth-order valence-corrected chi connectivity index (χ4v) is 1.31. The Morgan fingerprint density at radius 1 is 1.46 bits per heavy atom. The number of benzene rings is 1. The molecular weight excluding hydrogens is 257 g/mol. The van der Waals surface area contributed by atoms with Gasteiger partial charge in [-0.25, -0.2) is 0 Å². The van der Waals surface area contributed by atoms with Crippen LogP contribution in [-0.4, -0.2) is 16.8 Å². The number of phenols is 1. The summed E-state index contributed by atoms with van der Waals surface area (Å²) < 4.78 is 0.587. The van der Waals surface area contributed by atoms with Gasteiger partial charge in [0.25, 0.3) is 0 Å². The highest BCUT2D eigenvalue weighted by atomic mass is 79.9. The Morgan fingerprint density at radius 3 is 2.62 bits per heavy atom. The zero-order chi connectivity index (χ0) is 9.14. The van der Waals surface area contributed by atoms with Crippen molar-refractivity contribution in [3.8, 4) is 5.75 Å². The molecular formula is C8H11BrClNO2. The number of phenolic OH excluding ortho intramolecular Hbond substituents is 1. The van der Waals surface area contributed by atoms with Crippen molar-refractivity contribution >= 4 is 28.3 Å². The minimum Gasteiger partial charge on any atom is -0.506 e. The van der Waals surface area contributed by atoms with Crippen LogP contribution < -0.4 is 5.73 Å². The van der Waals surface area contributed by atoms with Gasteiger partial charge in [-0.1, -0.05) is 12.1 Å². The van der Waals surface area contributed by atoms with Crippen molar-refractivity contribution in [2.75, 3.05) is 6.61 Å². The normalized spacial score (nSPS) is 11.9. The molecule has 5 heteroatoms. The van der Waals surface area contributed by atoms with Crippen LogP contribution in [0.5, 0.6) is 5.75 Å². The van der Waals surface area contributed by atoms with Crippen LogP contribution in [0.3, 0.4) is 0 Å². The standard InChI is InChI=1S/C8H10BrNO2.ClH/c9-6-3-1-2-5(8(6)12)7(10)4-11;/h1-3,7,11-12H,4,10H2;1H/t7-;/m1./s1. The number of aliphatic hydroxyl groups excluding tert-OH is 1. The quantitative estimate of drug-likeness (QED) is 0.763. The number of rotatable bonds is 2. The number of hydrogen-bond acceptors (Lipinski definition) is 3. The molecule has 0 heterocycles. The topological polar surface area (TPSA) is 66.5 Å². The van der Waals surface area contributed by atoms with E-state index in [0.29, 0.717) is 10.0 Å². The lowest BCUT2D eigenvalue weighted by Gasteiger charge is -2.10. The lowest BCUT2D eigenvalue weighted by Crippen LogP contribution is -2.14. The lowest BCUT2D eigenvalue weighted by molar-refractivity contribution is 0.265. The molecule has 1 rings (SSSR count). The largest absolute Gasteiger partial charge is 0.506 e. The number of para-hydroxylation sites is 1. The summed E-state index contributed by atoms with van der Waals surface area (Å²) in [5.74, 6) is 0.0963. The highest BCUT2D eigenvalue weighted by molar-refractivity contribution is 9.10. The van der Waals surface area contributed by atoms with Crippen molar-refractivity contribution in [1.29, 1.82) is 0 Å². The first-order valence-electron chi connectivity index (χ1n) is 3.50. The van der Waals surface area contributed by atoms with E-state index in [9.17, 15) is 5.11 Å². The maximum Gasteiger partial charge on any atom is 0.134 e. The Hall–Kier alpha value is -0.290. The van der Waals surface area contributed by atoms with Crippen molar-refractivity contribution in [1.82, 2.24) is 0 Å². The van der Waals surface area contributed by atoms with E-state index in [1.165, 1.54) is 0 Å². The number of aliphatic hydroxyl groups is 1. The predicted molar refractivity (Wildman–Crippen MR) is 57.1 cm³/mol. The van der Waals surface area contributed by atoms with Gasteiger partial charge in [0.05, 0.1) is 17.1 Å². The highest BCUT2D eigenvalue weighted by Crippen LogP contribution is 2.30. The van der Waals surface area contributed by atoms with Crippen LogP contribution in [0, 0.1) is 0 Å². The molecule has 0 aliphatic carbocycles. The summed E-state index contributed by atoms with van der Waals surface area (Å²) in [5.41, 5.74) is 6.08. The van der Waals surface area contributed by atoms with E-state index >= 15 is 0 Å². The molecule has 0 bridgehead atoms. The zero-order valence-corrected chi connectivity index (χ0v) is 9.18. The van der Waals surface area contributed by atoms with Gasteiger partial charge >= 0.3 is 0 Å². The third-order valence-electron chi connectivity index (χ3n) is 1.61. The average molecular weight is 269 g/mol. The van der Waals surface area contributed by atoms with E-state index < -0.39 is 6.04 Å². The van der Waals surface area contributed by atoms with E-state index in [4.69, 9.17) is 10.8 Å². The maximum atomic E-state index is 9.46. The van der Waals surface area contributed by atoms with Crippen LogP contribution in [0.25, 0.3) is 0 Å². The van der Waals surface area contributed by atoms with Gasteiger partial charge in [0, 0.05) is 5.56 Å². The van der Waals surface area contributed by atoms with E-state index in [-0.39, 0.29) is 24.8 Å². The second kappa shape index (κ2) is 5.44. The van der Waals surface area contributed by atoms with Gasteiger partial charge in [-0.05, 0) is 22.0 Å². The van der Waals surface area contributed by atoms with E-state index in [2.05, 4.69) is 15.9 Å². The molecule has 0 aliphatic heterocycles. The van der Waals surface area contributed by atoms with Crippen molar-refractivity contribution in [2.45, 2.75) is 6.04 Å². The van der Waals surface area contributed by atoms with E-state index in [1.807, 2.05) is 0 Å². The highest BCUT2D eigenvalue weighted by Gasteiger charge is 2.10. The monoisotopic (exact) mass is 267 g/mol. The molecule has 0 spiro atoms. The van der Waals surface area contributed by atoms with Crippen LogP contribution >= 0.6 is 28.3 Å². The summed E-state index contributed by atoms with van der Waals surface area (Å²) in [5, 5.41) is 18.2. The molecule has 0 saturated heterocycles. The molecule has 1 atom stereocenters. The molecule has 0 saturated carbocycles. The van der Waals surface area contributed by atoms with Crippen molar-refractivity contribution < 1.29 is 10.2 Å². The first kappa shape index (κ1) is 12.7. The van der Waals surface area contributed by atoms with Gasteiger partial charge in [-0.2, -0.15) is 0 Å². The average Bonchev–Trinajstić information content (AvgIpc) is 2.08. The Balaban J connectivity index is 0.00000144. The van der Waals surface area contributed by atoms with Gasteiger partial charge in [0.15, 0.2) is 0 Å².